The highest BCUT2D eigenvalue weighted by Gasteiger charge is 2.30. The molecule has 1 aromatic rings. The Hall–Kier alpha value is -1.66. The third-order valence-electron chi connectivity index (χ3n) is 5.44. The number of rotatable bonds is 7. The van der Waals surface area contributed by atoms with Crippen molar-refractivity contribution in [2.45, 2.75) is 57.0 Å². The van der Waals surface area contributed by atoms with E-state index in [0.29, 0.717) is 30.7 Å². The van der Waals surface area contributed by atoms with Crippen LogP contribution in [0.4, 0.5) is 0 Å². The van der Waals surface area contributed by atoms with Gasteiger partial charge in [0.25, 0.3) is 5.91 Å². The van der Waals surface area contributed by atoms with Gasteiger partial charge in [-0.05, 0) is 31.4 Å². The van der Waals surface area contributed by atoms with Gasteiger partial charge in [-0.2, -0.15) is 0 Å². The molecule has 0 radical (unpaired) electrons. The largest absolute Gasteiger partial charge is 0.475 e. The van der Waals surface area contributed by atoms with Gasteiger partial charge in [0.1, 0.15) is 12.2 Å². The molecule has 1 aromatic heterocycles. The van der Waals surface area contributed by atoms with Gasteiger partial charge < -0.3 is 14.8 Å². The highest BCUT2D eigenvalue weighted by Crippen LogP contribution is 2.25. The Balaban J connectivity index is 1.54. The molecular weight excluding hydrogens is 330 g/mol. The molecule has 2 aliphatic rings. The van der Waals surface area contributed by atoms with E-state index in [4.69, 9.17) is 9.47 Å². The summed E-state index contributed by atoms with van der Waals surface area (Å²) in [5.41, 5.74) is 0.497. The summed E-state index contributed by atoms with van der Waals surface area (Å²) in [7, 11) is 1.62. The van der Waals surface area contributed by atoms with Crippen LogP contribution in [0.2, 0.25) is 0 Å². The van der Waals surface area contributed by atoms with Gasteiger partial charge in [-0.1, -0.05) is 25.7 Å². The van der Waals surface area contributed by atoms with Crippen molar-refractivity contribution < 1.29 is 14.3 Å². The zero-order valence-corrected chi connectivity index (χ0v) is 15.8. The van der Waals surface area contributed by atoms with Crippen molar-refractivity contribution in [2.24, 2.45) is 0 Å². The van der Waals surface area contributed by atoms with Crippen molar-refractivity contribution in [2.75, 3.05) is 33.4 Å². The maximum Gasteiger partial charge on any atom is 0.257 e. The number of methoxy groups -OCH3 is 1. The average Bonchev–Trinajstić information content (AvgIpc) is 2.95. The molecule has 144 valence electrons. The summed E-state index contributed by atoms with van der Waals surface area (Å²) in [4.78, 5) is 19.5. The van der Waals surface area contributed by atoms with Crippen LogP contribution >= 0.6 is 0 Å². The van der Waals surface area contributed by atoms with E-state index >= 15 is 0 Å². The summed E-state index contributed by atoms with van der Waals surface area (Å²) in [5.74, 6) is 0.277. The molecule has 1 atom stereocenters. The Morgan fingerprint density at radius 1 is 1.23 bits per heavy atom. The minimum absolute atomic E-state index is 0.0989. The van der Waals surface area contributed by atoms with Gasteiger partial charge in [0.2, 0.25) is 5.88 Å². The van der Waals surface area contributed by atoms with Crippen molar-refractivity contribution in [3.63, 3.8) is 0 Å². The minimum Gasteiger partial charge on any atom is -0.475 e. The molecule has 6 heteroatoms. The summed E-state index contributed by atoms with van der Waals surface area (Å²) in [5, 5.41) is 3.18. The van der Waals surface area contributed by atoms with Gasteiger partial charge in [-0.3, -0.25) is 9.69 Å². The number of nitrogens with one attached hydrogen (secondary N) is 1. The first kappa shape index (κ1) is 19.1. The number of aromatic nitrogens is 1. The lowest BCUT2D eigenvalue weighted by atomic mass is 10.1. The fourth-order valence-electron chi connectivity index (χ4n) is 4.02. The van der Waals surface area contributed by atoms with Crippen LogP contribution in [-0.2, 0) is 4.74 Å². The highest BCUT2D eigenvalue weighted by atomic mass is 16.5. The molecule has 0 spiro atoms. The lowest BCUT2D eigenvalue weighted by Gasteiger charge is -2.26. The second-order valence-electron chi connectivity index (χ2n) is 7.30. The summed E-state index contributed by atoms with van der Waals surface area (Å²) in [6, 6.07) is 4.44. The van der Waals surface area contributed by atoms with Gasteiger partial charge >= 0.3 is 0 Å². The summed E-state index contributed by atoms with van der Waals surface area (Å²) >= 11 is 0. The van der Waals surface area contributed by atoms with Crippen molar-refractivity contribution >= 4 is 5.91 Å². The first-order valence-corrected chi connectivity index (χ1v) is 9.89. The lowest BCUT2D eigenvalue weighted by molar-refractivity contribution is 0.0926. The molecule has 1 saturated carbocycles. The molecule has 1 aliphatic carbocycles. The van der Waals surface area contributed by atoms with Crippen LogP contribution in [-0.4, -0.2) is 61.3 Å². The van der Waals surface area contributed by atoms with E-state index in [9.17, 15) is 4.79 Å². The van der Waals surface area contributed by atoms with E-state index in [0.717, 1.165) is 19.5 Å². The molecule has 26 heavy (non-hydrogen) atoms. The van der Waals surface area contributed by atoms with E-state index in [-0.39, 0.29) is 11.9 Å². The second-order valence-corrected chi connectivity index (χ2v) is 7.30. The number of likely N-dealkylation sites (tertiary alicyclic amines) is 1. The molecule has 1 aliphatic heterocycles. The smallest absolute Gasteiger partial charge is 0.257 e. The van der Waals surface area contributed by atoms with Gasteiger partial charge in [-0.15, -0.1) is 0 Å². The molecule has 3 rings (SSSR count). The standard InChI is InChI=1S/C20H31N3O3/c1-25-13-14-26-20-18(9-6-11-21-20)19(24)22-16-10-12-23(15-16)17-7-4-2-3-5-8-17/h6,9,11,16-17H,2-5,7-8,10,12-15H2,1H3,(H,22,24). The molecule has 2 fully saturated rings. The van der Waals surface area contributed by atoms with E-state index in [1.54, 1.807) is 25.4 Å². The van der Waals surface area contributed by atoms with Crippen molar-refractivity contribution in [1.82, 2.24) is 15.2 Å². The molecule has 2 heterocycles. The minimum atomic E-state index is -0.0989. The molecule has 1 amide bonds. The van der Waals surface area contributed by atoms with Crippen molar-refractivity contribution in [3.8, 4) is 5.88 Å². The average molecular weight is 361 g/mol. The first-order valence-electron chi connectivity index (χ1n) is 9.89. The number of pyridine rings is 1. The molecular formula is C20H31N3O3. The number of hydrogen-bond acceptors (Lipinski definition) is 5. The monoisotopic (exact) mass is 361 g/mol. The number of carbonyl (C=O) groups excluding carboxylic acids is 1. The number of carbonyl (C=O) groups is 1. The molecule has 1 saturated heterocycles. The van der Waals surface area contributed by atoms with Crippen molar-refractivity contribution in [3.05, 3.63) is 23.9 Å². The van der Waals surface area contributed by atoms with Gasteiger partial charge in [0.15, 0.2) is 0 Å². The fourth-order valence-corrected chi connectivity index (χ4v) is 4.02. The topological polar surface area (TPSA) is 63.7 Å². The molecule has 0 aromatic carbocycles. The Morgan fingerprint density at radius 2 is 2.04 bits per heavy atom. The van der Waals surface area contributed by atoms with Crippen LogP contribution < -0.4 is 10.1 Å². The lowest BCUT2D eigenvalue weighted by Crippen LogP contribution is -2.40. The van der Waals surface area contributed by atoms with E-state index in [2.05, 4.69) is 15.2 Å². The normalized spacial score (nSPS) is 22.1. The van der Waals surface area contributed by atoms with Gasteiger partial charge in [0, 0.05) is 38.5 Å². The predicted molar refractivity (Wildman–Crippen MR) is 101 cm³/mol. The molecule has 0 bridgehead atoms. The Bertz CT molecular complexity index is 573. The number of ether oxygens (including phenoxy) is 2. The van der Waals surface area contributed by atoms with Crippen LogP contribution in [0, 0.1) is 0 Å². The summed E-state index contributed by atoms with van der Waals surface area (Å²) in [6.45, 7) is 2.89. The Kier molecular flexibility index (Phi) is 7.26. The third-order valence-corrected chi connectivity index (χ3v) is 5.44. The summed E-state index contributed by atoms with van der Waals surface area (Å²) < 4.78 is 10.6. The van der Waals surface area contributed by atoms with E-state index in [1.807, 2.05) is 0 Å². The van der Waals surface area contributed by atoms with Gasteiger partial charge in [0.05, 0.1) is 6.61 Å². The van der Waals surface area contributed by atoms with Crippen LogP contribution in [0.15, 0.2) is 18.3 Å². The van der Waals surface area contributed by atoms with Crippen molar-refractivity contribution in [1.29, 1.82) is 0 Å². The molecule has 6 nitrogen and oxygen atoms in total. The second kappa shape index (κ2) is 9.88. The number of nitrogens with zero attached hydrogens (tertiary/aromatic N) is 2. The SMILES string of the molecule is COCCOc1ncccc1C(=O)NC1CCN(C2CCCCCC2)C1. The third kappa shape index (κ3) is 5.17. The van der Waals surface area contributed by atoms with Crippen LogP contribution in [0.1, 0.15) is 55.3 Å². The van der Waals surface area contributed by atoms with Crippen LogP contribution in [0.5, 0.6) is 5.88 Å². The van der Waals surface area contributed by atoms with E-state index in [1.165, 1.54) is 38.5 Å². The van der Waals surface area contributed by atoms with Gasteiger partial charge in [-0.25, -0.2) is 4.98 Å². The Morgan fingerprint density at radius 3 is 2.81 bits per heavy atom. The number of amides is 1. The van der Waals surface area contributed by atoms with Crippen LogP contribution in [0.3, 0.4) is 0 Å². The van der Waals surface area contributed by atoms with E-state index < -0.39 is 0 Å². The fraction of sp³-hybridized carbons (Fsp3) is 0.700. The zero-order valence-electron chi connectivity index (χ0n) is 15.8. The maximum atomic E-state index is 12.7. The predicted octanol–water partition coefficient (Wildman–Crippen LogP) is 2.63. The first-order chi connectivity index (χ1) is 12.8. The molecule has 1 unspecified atom stereocenters. The quantitative estimate of drug-likeness (QED) is 0.597. The zero-order chi connectivity index (χ0) is 18.2. The molecule has 1 N–H and O–H groups in total. The number of hydrogen-bond donors (Lipinski definition) is 1. The maximum absolute atomic E-state index is 12.7. The Labute approximate surface area is 156 Å². The van der Waals surface area contributed by atoms with Crippen LogP contribution in [0.25, 0.3) is 0 Å². The summed E-state index contributed by atoms with van der Waals surface area (Å²) in [6.07, 6.45) is 10.7. The highest BCUT2D eigenvalue weighted by molar-refractivity contribution is 5.96.